The fraction of sp³-hybridized carbons (Fsp3) is 0.471. The lowest BCUT2D eigenvalue weighted by Gasteiger charge is -2.27. The molecule has 0 fully saturated rings. The molecule has 5 heteroatoms. The van der Waals surface area contributed by atoms with Crippen molar-refractivity contribution >= 4 is 11.9 Å². The van der Waals surface area contributed by atoms with Crippen molar-refractivity contribution in [2.24, 2.45) is 0 Å². The molecule has 1 aromatic carbocycles. The Hall–Kier alpha value is -2.35. The second-order valence-corrected chi connectivity index (χ2v) is 4.98. The lowest BCUT2D eigenvalue weighted by atomic mass is 9.77. The average molecular weight is 303 g/mol. The van der Waals surface area contributed by atoms with E-state index in [2.05, 4.69) is 0 Å². The number of hydrogen-bond donors (Lipinski definition) is 0. The molecule has 0 amide bonds. The van der Waals surface area contributed by atoms with E-state index in [4.69, 9.17) is 14.7 Å². The molecular formula is C17H21NO4. The molecule has 0 atom stereocenters. The maximum absolute atomic E-state index is 12.5. The largest absolute Gasteiger partial charge is 0.465 e. The van der Waals surface area contributed by atoms with E-state index >= 15 is 0 Å². The maximum Gasteiger partial charge on any atom is 0.329 e. The molecular weight excluding hydrogens is 282 g/mol. The van der Waals surface area contributed by atoms with E-state index in [1.807, 2.05) is 26.0 Å². The molecule has 0 aliphatic carbocycles. The molecule has 118 valence electrons. The highest BCUT2D eigenvalue weighted by Crippen LogP contribution is 2.32. The zero-order valence-corrected chi connectivity index (χ0v) is 13.4. The first-order chi connectivity index (χ1) is 10.4. The number of nitriles is 1. The SMILES string of the molecule is CCOC(=O)C(CC#N)(C(=O)OCC)c1ccc(C)c(C)c1. The van der Waals surface area contributed by atoms with E-state index in [1.165, 1.54) is 0 Å². The number of ether oxygens (including phenoxy) is 2. The lowest BCUT2D eigenvalue weighted by molar-refractivity contribution is -0.164. The smallest absolute Gasteiger partial charge is 0.329 e. The first-order valence-electron chi connectivity index (χ1n) is 7.23. The first-order valence-corrected chi connectivity index (χ1v) is 7.23. The zero-order chi connectivity index (χ0) is 16.8. The summed E-state index contributed by atoms with van der Waals surface area (Å²) in [5.41, 5.74) is 0.643. The standard InChI is InChI=1S/C17H21NO4/c1-5-21-15(19)17(9-10-18,16(20)22-6-2)14-8-7-12(3)13(4)11-14/h7-8,11H,5-6,9H2,1-4H3. The van der Waals surface area contributed by atoms with Gasteiger partial charge in [0, 0.05) is 0 Å². The molecule has 0 saturated carbocycles. The number of benzene rings is 1. The second kappa shape index (κ2) is 7.60. The van der Waals surface area contributed by atoms with Crippen molar-refractivity contribution in [2.75, 3.05) is 13.2 Å². The van der Waals surface area contributed by atoms with Crippen LogP contribution in [0.25, 0.3) is 0 Å². The van der Waals surface area contributed by atoms with Crippen molar-refractivity contribution in [3.8, 4) is 6.07 Å². The molecule has 0 aromatic heterocycles. The van der Waals surface area contributed by atoms with Crippen molar-refractivity contribution in [1.29, 1.82) is 5.26 Å². The monoisotopic (exact) mass is 303 g/mol. The van der Waals surface area contributed by atoms with E-state index < -0.39 is 17.4 Å². The van der Waals surface area contributed by atoms with Gasteiger partial charge in [0.15, 0.2) is 0 Å². The summed E-state index contributed by atoms with van der Waals surface area (Å²) in [5, 5.41) is 9.16. The Morgan fingerprint density at radius 2 is 1.64 bits per heavy atom. The van der Waals surface area contributed by atoms with Crippen LogP contribution in [0.5, 0.6) is 0 Å². The minimum atomic E-state index is -1.74. The van der Waals surface area contributed by atoms with Crippen LogP contribution in [0.1, 0.15) is 37.0 Å². The Bertz CT molecular complexity index is 583. The second-order valence-electron chi connectivity index (χ2n) is 4.98. The van der Waals surface area contributed by atoms with E-state index in [0.29, 0.717) is 5.56 Å². The van der Waals surface area contributed by atoms with E-state index in [-0.39, 0.29) is 19.6 Å². The highest BCUT2D eigenvalue weighted by molar-refractivity contribution is 6.06. The van der Waals surface area contributed by atoms with Crippen LogP contribution in [0.15, 0.2) is 18.2 Å². The third-order valence-corrected chi connectivity index (χ3v) is 3.59. The van der Waals surface area contributed by atoms with Crippen molar-refractivity contribution in [3.05, 3.63) is 34.9 Å². The molecule has 5 nitrogen and oxygen atoms in total. The molecule has 0 heterocycles. The highest BCUT2D eigenvalue weighted by Gasteiger charge is 2.50. The number of hydrogen-bond acceptors (Lipinski definition) is 5. The quantitative estimate of drug-likeness (QED) is 0.596. The predicted molar refractivity (Wildman–Crippen MR) is 81.1 cm³/mol. The fourth-order valence-corrected chi connectivity index (χ4v) is 2.20. The number of carbonyl (C=O) groups is 2. The summed E-state index contributed by atoms with van der Waals surface area (Å²) in [5.74, 6) is -1.50. The Morgan fingerprint density at radius 1 is 1.09 bits per heavy atom. The Labute approximate surface area is 130 Å². The molecule has 22 heavy (non-hydrogen) atoms. The molecule has 0 N–H and O–H groups in total. The van der Waals surface area contributed by atoms with Gasteiger partial charge in [-0.05, 0) is 44.4 Å². The Kier molecular flexibility index (Phi) is 6.11. The van der Waals surface area contributed by atoms with Crippen LogP contribution >= 0.6 is 0 Å². The third-order valence-electron chi connectivity index (χ3n) is 3.59. The first kappa shape index (κ1) is 17.7. The summed E-state index contributed by atoms with van der Waals surface area (Å²) in [6.07, 6.45) is -0.326. The van der Waals surface area contributed by atoms with Gasteiger partial charge in [-0.25, -0.2) is 0 Å². The lowest BCUT2D eigenvalue weighted by Crippen LogP contribution is -2.46. The average Bonchev–Trinajstić information content (AvgIpc) is 2.48. The molecule has 0 spiro atoms. The normalized spacial score (nSPS) is 10.7. The zero-order valence-electron chi connectivity index (χ0n) is 13.4. The van der Waals surface area contributed by atoms with Crippen molar-refractivity contribution in [1.82, 2.24) is 0 Å². The highest BCUT2D eigenvalue weighted by atomic mass is 16.6. The van der Waals surface area contributed by atoms with Crippen LogP contribution in [0.2, 0.25) is 0 Å². The molecule has 0 radical (unpaired) electrons. The van der Waals surface area contributed by atoms with Gasteiger partial charge in [0.1, 0.15) is 0 Å². The minimum absolute atomic E-state index is 0.121. The summed E-state index contributed by atoms with van der Waals surface area (Å²) < 4.78 is 10.1. The van der Waals surface area contributed by atoms with E-state index in [0.717, 1.165) is 11.1 Å². The Balaban J connectivity index is 3.53. The van der Waals surface area contributed by atoms with Crippen LogP contribution < -0.4 is 0 Å². The van der Waals surface area contributed by atoms with E-state index in [9.17, 15) is 9.59 Å². The molecule has 0 unspecified atom stereocenters. The van der Waals surface area contributed by atoms with Crippen LogP contribution in [-0.2, 0) is 24.5 Å². The van der Waals surface area contributed by atoms with Gasteiger partial charge >= 0.3 is 11.9 Å². The summed E-state index contributed by atoms with van der Waals surface area (Å²) in [4.78, 5) is 25.0. The number of aryl methyl sites for hydroxylation is 2. The summed E-state index contributed by atoms with van der Waals surface area (Å²) in [7, 11) is 0. The Morgan fingerprint density at radius 3 is 2.05 bits per heavy atom. The van der Waals surface area contributed by atoms with Crippen LogP contribution in [0, 0.1) is 25.2 Å². The minimum Gasteiger partial charge on any atom is -0.465 e. The van der Waals surface area contributed by atoms with Crippen molar-refractivity contribution in [3.63, 3.8) is 0 Å². The molecule has 1 aromatic rings. The van der Waals surface area contributed by atoms with Crippen LogP contribution in [-0.4, -0.2) is 25.2 Å². The number of esters is 2. The van der Waals surface area contributed by atoms with Crippen LogP contribution in [0.3, 0.4) is 0 Å². The molecule has 0 bridgehead atoms. The predicted octanol–water partition coefficient (Wildman–Crippen LogP) is 2.58. The summed E-state index contributed by atoms with van der Waals surface area (Å²) in [6.45, 7) is 7.36. The van der Waals surface area contributed by atoms with Crippen molar-refractivity contribution < 1.29 is 19.1 Å². The summed E-state index contributed by atoms with van der Waals surface area (Å²) >= 11 is 0. The van der Waals surface area contributed by atoms with Crippen molar-refractivity contribution in [2.45, 2.75) is 39.5 Å². The van der Waals surface area contributed by atoms with Gasteiger partial charge < -0.3 is 9.47 Å². The van der Waals surface area contributed by atoms with E-state index in [1.54, 1.807) is 26.0 Å². The third kappa shape index (κ3) is 3.28. The van der Waals surface area contributed by atoms with Gasteiger partial charge in [-0.2, -0.15) is 5.26 Å². The molecule has 1 rings (SSSR count). The summed E-state index contributed by atoms with van der Waals surface area (Å²) in [6, 6.07) is 7.14. The van der Waals surface area contributed by atoms with Gasteiger partial charge in [-0.1, -0.05) is 18.2 Å². The number of rotatable bonds is 6. The van der Waals surface area contributed by atoms with Gasteiger partial charge in [-0.15, -0.1) is 0 Å². The number of carbonyl (C=O) groups excluding carboxylic acids is 2. The molecule has 0 saturated heterocycles. The maximum atomic E-state index is 12.5. The fourth-order valence-electron chi connectivity index (χ4n) is 2.20. The van der Waals surface area contributed by atoms with Gasteiger partial charge in [0.2, 0.25) is 5.41 Å². The molecule has 0 aliphatic heterocycles. The van der Waals surface area contributed by atoms with Gasteiger partial charge in [0.25, 0.3) is 0 Å². The topological polar surface area (TPSA) is 76.4 Å². The van der Waals surface area contributed by atoms with Gasteiger partial charge in [-0.3, -0.25) is 9.59 Å². The van der Waals surface area contributed by atoms with Crippen LogP contribution in [0.4, 0.5) is 0 Å². The number of nitrogens with zero attached hydrogens (tertiary/aromatic N) is 1. The van der Waals surface area contributed by atoms with Gasteiger partial charge in [0.05, 0.1) is 25.7 Å². The molecule has 0 aliphatic rings.